The van der Waals surface area contributed by atoms with E-state index in [2.05, 4.69) is 38.1 Å². The van der Waals surface area contributed by atoms with Crippen molar-refractivity contribution in [1.29, 1.82) is 0 Å². The summed E-state index contributed by atoms with van der Waals surface area (Å²) in [6.07, 6.45) is 2.47. The Morgan fingerprint density at radius 2 is 2.19 bits per heavy atom. The standard InChI is InChI=1S/C14H13BrClN3OS/c1-2-7-21-14-17-8-10(16)12(19-14)13(20)18-11-6-4-3-5-9(11)15/h3-6,8H,2,7H2,1H3,(H,18,20). The van der Waals surface area contributed by atoms with E-state index in [-0.39, 0.29) is 16.6 Å². The number of nitrogens with zero attached hydrogens (tertiary/aromatic N) is 2. The fourth-order valence-corrected chi connectivity index (χ4v) is 2.75. The van der Waals surface area contributed by atoms with Gasteiger partial charge in [0.15, 0.2) is 10.9 Å². The Labute approximate surface area is 140 Å². The zero-order valence-corrected chi connectivity index (χ0v) is 14.4. The van der Waals surface area contributed by atoms with Gasteiger partial charge in [-0.15, -0.1) is 0 Å². The molecule has 0 spiro atoms. The first kappa shape index (κ1) is 16.3. The van der Waals surface area contributed by atoms with Gasteiger partial charge < -0.3 is 5.32 Å². The number of nitrogens with one attached hydrogen (secondary N) is 1. The van der Waals surface area contributed by atoms with Gasteiger partial charge >= 0.3 is 0 Å². The van der Waals surface area contributed by atoms with Crippen molar-refractivity contribution in [3.8, 4) is 0 Å². The maximum atomic E-state index is 12.3. The zero-order valence-electron chi connectivity index (χ0n) is 11.3. The van der Waals surface area contributed by atoms with Crippen LogP contribution in [0.3, 0.4) is 0 Å². The van der Waals surface area contributed by atoms with Gasteiger partial charge in [0.2, 0.25) is 0 Å². The Balaban J connectivity index is 2.20. The minimum absolute atomic E-state index is 0.182. The normalized spacial score (nSPS) is 10.4. The molecule has 2 aromatic rings. The van der Waals surface area contributed by atoms with Crippen LogP contribution in [0.5, 0.6) is 0 Å². The molecule has 110 valence electrons. The molecule has 0 bridgehead atoms. The highest BCUT2D eigenvalue weighted by Gasteiger charge is 2.15. The summed E-state index contributed by atoms with van der Waals surface area (Å²) in [5, 5.41) is 3.57. The van der Waals surface area contributed by atoms with Crippen molar-refractivity contribution in [2.45, 2.75) is 18.5 Å². The molecule has 21 heavy (non-hydrogen) atoms. The van der Waals surface area contributed by atoms with E-state index in [1.807, 2.05) is 18.2 Å². The number of carbonyl (C=O) groups excluding carboxylic acids is 1. The Kier molecular flexibility index (Phi) is 6.02. The van der Waals surface area contributed by atoms with Gasteiger partial charge in [0, 0.05) is 10.2 Å². The van der Waals surface area contributed by atoms with E-state index in [4.69, 9.17) is 11.6 Å². The van der Waals surface area contributed by atoms with E-state index in [1.54, 1.807) is 6.07 Å². The maximum absolute atomic E-state index is 12.3. The third-order valence-corrected chi connectivity index (χ3v) is 4.53. The van der Waals surface area contributed by atoms with Gasteiger partial charge in [0.1, 0.15) is 0 Å². The third-order valence-electron chi connectivity index (χ3n) is 2.49. The van der Waals surface area contributed by atoms with E-state index >= 15 is 0 Å². The Morgan fingerprint density at radius 3 is 2.90 bits per heavy atom. The Morgan fingerprint density at radius 1 is 1.43 bits per heavy atom. The lowest BCUT2D eigenvalue weighted by Crippen LogP contribution is -2.15. The molecule has 0 atom stereocenters. The molecule has 1 N–H and O–H groups in total. The number of halogens is 2. The predicted molar refractivity (Wildman–Crippen MR) is 90.2 cm³/mol. The first-order chi connectivity index (χ1) is 10.1. The van der Waals surface area contributed by atoms with Gasteiger partial charge in [-0.1, -0.05) is 42.4 Å². The van der Waals surface area contributed by atoms with Crippen LogP contribution in [-0.4, -0.2) is 21.6 Å². The molecule has 1 aromatic heterocycles. The van der Waals surface area contributed by atoms with Gasteiger partial charge in [-0.25, -0.2) is 9.97 Å². The lowest BCUT2D eigenvalue weighted by Gasteiger charge is -2.08. The highest BCUT2D eigenvalue weighted by atomic mass is 79.9. The van der Waals surface area contributed by atoms with Crippen molar-refractivity contribution in [3.05, 3.63) is 45.7 Å². The SMILES string of the molecule is CCCSc1ncc(Cl)c(C(=O)Nc2ccccc2Br)n1. The molecule has 2 rings (SSSR count). The maximum Gasteiger partial charge on any atom is 0.276 e. The van der Waals surface area contributed by atoms with Crippen LogP contribution in [0.2, 0.25) is 5.02 Å². The average Bonchev–Trinajstić information content (AvgIpc) is 2.48. The van der Waals surface area contributed by atoms with E-state index in [0.29, 0.717) is 10.8 Å². The molecular weight excluding hydrogens is 374 g/mol. The van der Waals surface area contributed by atoms with Crippen molar-refractivity contribution in [3.63, 3.8) is 0 Å². The van der Waals surface area contributed by atoms with Crippen molar-refractivity contribution in [2.75, 3.05) is 11.1 Å². The van der Waals surface area contributed by atoms with Crippen LogP contribution in [0.4, 0.5) is 5.69 Å². The van der Waals surface area contributed by atoms with E-state index in [9.17, 15) is 4.79 Å². The predicted octanol–water partition coefficient (Wildman–Crippen LogP) is 4.65. The van der Waals surface area contributed by atoms with Crippen LogP contribution in [0, 0.1) is 0 Å². The number of aromatic nitrogens is 2. The van der Waals surface area contributed by atoms with Crippen LogP contribution in [-0.2, 0) is 0 Å². The van der Waals surface area contributed by atoms with Gasteiger partial charge in [0.25, 0.3) is 5.91 Å². The molecule has 4 nitrogen and oxygen atoms in total. The Hall–Kier alpha value is -1.11. The van der Waals surface area contributed by atoms with Crippen molar-refractivity contribution in [1.82, 2.24) is 9.97 Å². The number of amides is 1. The quantitative estimate of drug-likeness (QED) is 0.600. The van der Waals surface area contributed by atoms with Crippen LogP contribution in [0.1, 0.15) is 23.8 Å². The molecule has 0 radical (unpaired) electrons. The number of carbonyl (C=O) groups is 1. The molecule has 0 aliphatic heterocycles. The van der Waals surface area contributed by atoms with Gasteiger partial charge in [-0.2, -0.15) is 0 Å². The van der Waals surface area contributed by atoms with Crippen LogP contribution in [0.25, 0.3) is 0 Å². The molecule has 0 fully saturated rings. The summed E-state index contributed by atoms with van der Waals surface area (Å²) < 4.78 is 0.795. The number of rotatable bonds is 5. The molecule has 0 saturated heterocycles. The van der Waals surface area contributed by atoms with Crippen molar-refractivity contribution in [2.24, 2.45) is 0 Å². The molecule has 1 heterocycles. The van der Waals surface area contributed by atoms with Crippen LogP contribution >= 0.6 is 39.3 Å². The summed E-state index contributed by atoms with van der Waals surface area (Å²) in [6.45, 7) is 2.07. The number of para-hydroxylation sites is 1. The lowest BCUT2D eigenvalue weighted by atomic mass is 10.3. The van der Waals surface area contributed by atoms with E-state index < -0.39 is 0 Å². The second-order valence-corrected chi connectivity index (χ2v) is 6.46. The minimum atomic E-state index is -0.354. The fraction of sp³-hybridized carbons (Fsp3) is 0.214. The smallest absolute Gasteiger partial charge is 0.276 e. The summed E-state index contributed by atoms with van der Waals surface area (Å²) in [5.41, 5.74) is 0.848. The molecule has 1 aromatic carbocycles. The highest BCUT2D eigenvalue weighted by molar-refractivity contribution is 9.10. The molecule has 7 heteroatoms. The highest BCUT2D eigenvalue weighted by Crippen LogP contribution is 2.24. The minimum Gasteiger partial charge on any atom is -0.320 e. The summed E-state index contributed by atoms with van der Waals surface area (Å²) in [4.78, 5) is 20.6. The van der Waals surface area contributed by atoms with Crippen LogP contribution in [0.15, 0.2) is 40.1 Å². The number of thioether (sulfide) groups is 1. The topological polar surface area (TPSA) is 54.9 Å². The molecular formula is C14H13BrClN3OS. The van der Waals surface area contributed by atoms with Gasteiger partial charge in [-0.05, 0) is 34.5 Å². The second kappa shape index (κ2) is 7.77. The molecule has 1 amide bonds. The molecule has 0 aliphatic carbocycles. The Bertz CT molecular complexity index is 654. The fourth-order valence-electron chi connectivity index (χ4n) is 1.52. The second-order valence-electron chi connectivity index (χ2n) is 4.13. The van der Waals surface area contributed by atoms with Gasteiger partial charge in [-0.3, -0.25) is 4.79 Å². The molecule has 0 unspecified atom stereocenters. The third kappa shape index (κ3) is 4.43. The number of benzene rings is 1. The summed E-state index contributed by atoms with van der Waals surface area (Å²) in [6, 6.07) is 7.35. The van der Waals surface area contributed by atoms with E-state index in [0.717, 1.165) is 16.6 Å². The number of hydrogen-bond acceptors (Lipinski definition) is 4. The first-order valence-corrected chi connectivity index (χ1v) is 8.48. The first-order valence-electron chi connectivity index (χ1n) is 6.33. The van der Waals surface area contributed by atoms with Crippen molar-refractivity contribution < 1.29 is 4.79 Å². The van der Waals surface area contributed by atoms with Crippen molar-refractivity contribution >= 4 is 50.9 Å². The monoisotopic (exact) mass is 385 g/mol. The molecule has 0 saturated carbocycles. The number of hydrogen-bond donors (Lipinski definition) is 1. The average molecular weight is 387 g/mol. The lowest BCUT2D eigenvalue weighted by molar-refractivity contribution is 0.102. The summed E-state index contributed by atoms with van der Waals surface area (Å²) in [5.74, 6) is 0.542. The number of anilines is 1. The van der Waals surface area contributed by atoms with E-state index in [1.165, 1.54) is 18.0 Å². The zero-order chi connectivity index (χ0) is 15.2. The summed E-state index contributed by atoms with van der Waals surface area (Å²) >= 11 is 10.9. The largest absolute Gasteiger partial charge is 0.320 e. The summed E-state index contributed by atoms with van der Waals surface area (Å²) in [7, 11) is 0. The van der Waals surface area contributed by atoms with Gasteiger partial charge in [0.05, 0.1) is 16.9 Å². The molecule has 0 aliphatic rings. The van der Waals surface area contributed by atoms with Crippen LogP contribution < -0.4 is 5.32 Å².